The molecule has 0 spiro atoms. The number of nitrogens with zero attached hydrogens (tertiary/aromatic N) is 3. The minimum atomic E-state index is -0.0461. The molecule has 0 unspecified atom stereocenters. The molecule has 0 aliphatic carbocycles. The van der Waals surface area contributed by atoms with Crippen LogP contribution in [0, 0.1) is 0 Å². The summed E-state index contributed by atoms with van der Waals surface area (Å²) in [6.07, 6.45) is 0.882. The SMILES string of the molecule is CCc1ccccc1NC(=O)CSc1nnc(-c2ccccc2)n1C. The van der Waals surface area contributed by atoms with E-state index in [2.05, 4.69) is 22.4 Å². The molecule has 0 saturated carbocycles. The Kier molecular flexibility index (Phi) is 5.50. The zero-order chi connectivity index (χ0) is 17.6. The number of rotatable bonds is 6. The maximum atomic E-state index is 12.3. The van der Waals surface area contributed by atoms with E-state index >= 15 is 0 Å². The third-order valence-corrected chi connectivity index (χ3v) is 4.89. The van der Waals surface area contributed by atoms with Crippen LogP contribution < -0.4 is 5.32 Å². The van der Waals surface area contributed by atoms with Crippen LogP contribution in [-0.2, 0) is 18.3 Å². The van der Waals surface area contributed by atoms with E-state index in [9.17, 15) is 4.79 Å². The summed E-state index contributed by atoms with van der Waals surface area (Å²) in [5.74, 6) is 1.04. The second kappa shape index (κ2) is 7.98. The van der Waals surface area contributed by atoms with Gasteiger partial charge in [-0.25, -0.2) is 0 Å². The molecule has 2 aromatic carbocycles. The van der Waals surface area contributed by atoms with E-state index in [0.717, 1.165) is 34.2 Å². The maximum Gasteiger partial charge on any atom is 0.234 e. The number of aryl methyl sites for hydroxylation is 1. The summed E-state index contributed by atoms with van der Waals surface area (Å²) < 4.78 is 1.91. The molecular formula is C19H20N4OS. The predicted molar refractivity (Wildman–Crippen MR) is 102 cm³/mol. The van der Waals surface area contributed by atoms with E-state index in [1.807, 2.05) is 66.2 Å². The van der Waals surface area contributed by atoms with Crippen molar-refractivity contribution in [3.8, 4) is 11.4 Å². The lowest BCUT2D eigenvalue weighted by Crippen LogP contribution is -2.15. The Labute approximate surface area is 151 Å². The van der Waals surface area contributed by atoms with Crippen molar-refractivity contribution in [1.82, 2.24) is 14.8 Å². The van der Waals surface area contributed by atoms with Gasteiger partial charge >= 0.3 is 0 Å². The second-order valence-corrected chi connectivity index (χ2v) is 6.52. The molecule has 1 N–H and O–H groups in total. The van der Waals surface area contributed by atoms with Gasteiger partial charge in [0.2, 0.25) is 5.91 Å². The minimum Gasteiger partial charge on any atom is -0.325 e. The molecule has 1 amide bonds. The average molecular weight is 352 g/mol. The third-order valence-electron chi connectivity index (χ3n) is 3.87. The Hall–Kier alpha value is -2.60. The van der Waals surface area contributed by atoms with Crippen LogP contribution in [0.3, 0.4) is 0 Å². The van der Waals surface area contributed by atoms with Gasteiger partial charge in [0, 0.05) is 18.3 Å². The quantitative estimate of drug-likeness (QED) is 0.686. The lowest BCUT2D eigenvalue weighted by Gasteiger charge is -2.09. The first-order chi connectivity index (χ1) is 12.2. The Bertz CT molecular complexity index is 861. The molecule has 0 bridgehead atoms. The molecule has 0 radical (unpaired) electrons. The predicted octanol–water partition coefficient (Wildman–Crippen LogP) is 3.78. The van der Waals surface area contributed by atoms with Crippen molar-refractivity contribution in [3.63, 3.8) is 0 Å². The molecule has 0 fully saturated rings. The number of hydrogen-bond donors (Lipinski definition) is 1. The van der Waals surface area contributed by atoms with Crippen LogP contribution in [0.5, 0.6) is 0 Å². The van der Waals surface area contributed by atoms with E-state index in [-0.39, 0.29) is 5.91 Å². The zero-order valence-electron chi connectivity index (χ0n) is 14.3. The van der Waals surface area contributed by atoms with Crippen molar-refractivity contribution in [2.24, 2.45) is 7.05 Å². The van der Waals surface area contributed by atoms with Crippen molar-refractivity contribution in [2.75, 3.05) is 11.1 Å². The zero-order valence-corrected chi connectivity index (χ0v) is 15.1. The first-order valence-corrected chi connectivity index (χ1v) is 9.13. The number of hydrogen-bond acceptors (Lipinski definition) is 4. The van der Waals surface area contributed by atoms with Gasteiger partial charge in [-0.2, -0.15) is 0 Å². The number of carbonyl (C=O) groups is 1. The van der Waals surface area contributed by atoms with Crippen LogP contribution in [0.15, 0.2) is 59.8 Å². The van der Waals surface area contributed by atoms with Gasteiger partial charge in [0.05, 0.1) is 5.75 Å². The largest absolute Gasteiger partial charge is 0.325 e. The number of aromatic nitrogens is 3. The Morgan fingerprint density at radius 2 is 1.80 bits per heavy atom. The molecule has 0 aliphatic heterocycles. The van der Waals surface area contributed by atoms with Gasteiger partial charge in [0.25, 0.3) is 0 Å². The molecule has 0 atom stereocenters. The maximum absolute atomic E-state index is 12.3. The summed E-state index contributed by atoms with van der Waals surface area (Å²) in [5.41, 5.74) is 3.01. The summed E-state index contributed by atoms with van der Waals surface area (Å²) in [4.78, 5) is 12.3. The molecule has 6 heteroatoms. The number of carbonyl (C=O) groups excluding carboxylic acids is 1. The van der Waals surface area contributed by atoms with Crippen molar-refractivity contribution >= 4 is 23.4 Å². The van der Waals surface area contributed by atoms with E-state index < -0.39 is 0 Å². The van der Waals surface area contributed by atoms with Gasteiger partial charge in [-0.05, 0) is 18.1 Å². The number of nitrogens with one attached hydrogen (secondary N) is 1. The molecule has 25 heavy (non-hydrogen) atoms. The van der Waals surface area contributed by atoms with Crippen molar-refractivity contribution in [2.45, 2.75) is 18.5 Å². The summed E-state index contributed by atoms with van der Waals surface area (Å²) in [6, 6.07) is 17.7. The highest BCUT2D eigenvalue weighted by molar-refractivity contribution is 7.99. The number of anilines is 1. The van der Waals surface area contributed by atoms with Gasteiger partial charge in [-0.3, -0.25) is 4.79 Å². The molecule has 0 aliphatic rings. The number of benzene rings is 2. The molecular weight excluding hydrogens is 332 g/mol. The fraction of sp³-hybridized carbons (Fsp3) is 0.211. The lowest BCUT2D eigenvalue weighted by atomic mass is 10.1. The highest BCUT2D eigenvalue weighted by atomic mass is 32.2. The molecule has 0 saturated heterocycles. The highest BCUT2D eigenvalue weighted by Gasteiger charge is 2.13. The molecule has 3 rings (SSSR count). The van der Waals surface area contributed by atoms with E-state index in [1.165, 1.54) is 11.8 Å². The van der Waals surface area contributed by atoms with Gasteiger partial charge in [0.1, 0.15) is 0 Å². The van der Waals surface area contributed by atoms with Crippen molar-refractivity contribution < 1.29 is 4.79 Å². The van der Waals surface area contributed by atoms with Crippen LogP contribution in [0.2, 0.25) is 0 Å². The lowest BCUT2D eigenvalue weighted by molar-refractivity contribution is -0.113. The van der Waals surface area contributed by atoms with Crippen LogP contribution in [-0.4, -0.2) is 26.4 Å². The van der Waals surface area contributed by atoms with Gasteiger partial charge in [-0.15, -0.1) is 10.2 Å². The Morgan fingerprint density at radius 3 is 2.56 bits per heavy atom. The smallest absolute Gasteiger partial charge is 0.234 e. The van der Waals surface area contributed by atoms with E-state index in [4.69, 9.17) is 0 Å². The fourth-order valence-corrected chi connectivity index (χ4v) is 3.26. The molecule has 5 nitrogen and oxygen atoms in total. The van der Waals surface area contributed by atoms with Gasteiger partial charge < -0.3 is 9.88 Å². The first-order valence-electron chi connectivity index (χ1n) is 8.14. The van der Waals surface area contributed by atoms with Crippen LogP contribution in [0.25, 0.3) is 11.4 Å². The number of thioether (sulfide) groups is 1. The molecule has 1 heterocycles. The summed E-state index contributed by atoms with van der Waals surface area (Å²) in [7, 11) is 1.91. The molecule has 3 aromatic rings. The van der Waals surface area contributed by atoms with Crippen molar-refractivity contribution in [3.05, 3.63) is 60.2 Å². The standard InChI is InChI=1S/C19H20N4OS/c1-3-14-9-7-8-12-16(14)20-17(24)13-25-19-22-21-18(23(19)2)15-10-5-4-6-11-15/h4-12H,3,13H2,1-2H3,(H,20,24). The first kappa shape index (κ1) is 17.2. The summed E-state index contributed by atoms with van der Waals surface area (Å²) >= 11 is 1.38. The third kappa shape index (κ3) is 4.09. The number of amides is 1. The van der Waals surface area contributed by atoms with E-state index in [0.29, 0.717) is 5.75 Å². The molecule has 128 valence electrons. The number of para-hydroxylation sites is 1. The summed E-state index contributed by atoms with van der Waals surface area (Å²) in [6.45, 7) is 2.07. The van der Waals surface area contributed by atoms with Crippen molar-refractivity contribution in [1.29, 1.82) is 0 Å². The normalized spacial score (nSPS) is 10.6. The van der Waals surface area contributed by atoms with Gasteiger partial charge in [-0.1, -0.05) is 67.2 Å². The summed E-state index contributed by atoms with van der Waals surface area (Å²) in [5, 5.41) is 12.1. The topological polar surface area (TPSA) is 59.8 Å². The highest BCUT2D eigenvalue weighted by Crippen LogP contribution is 2.23. The Balaban J connectivity index is 1.64. The fourth-order valence-electron chi connectivity index (χ4n) is 2.55. The molecule has 1 aromatic heterocycles. The second-order valence-electron chi connectivity index (χ2n) is 5.58. The average Bonchev–Trinajstić information content (AvgIpc) is 3.02. The monoisotopic (exact) mass is 352 g/mol. The van der Waals surface area contributed by atoms with Gasteiger partial charge in [0.15, 0.2) is 11.0 Å². The van der Waals surface area contributed by atoms with Crippen LogP contribution >= 0.6 is 11.8 Å². The van der Waals surface area contributed by atoms with E-state index in [1.54, 1.807) is 0 Å². The Morgan fingerprint density at radius 1 is 1.08 bits per heavy atom. The van der Waals surface area contributed by atoms with Crippen LogP contribution in [0.1, 0.15) is 12.5 Å². The minimum absolute atomic E-state index is 0.0461. The van der Waals surface area contributed by atoms with Crippen LogP contribution in [0.4, 0.5) is 5.69 Å².